The molecule has 0 nitrogen and oxygen atoms in total. The van der Waals surface area contributed by atoms with Crippen molar-refractivity contribution in [2.45, 2.75) is 4.90 Å². The fourth-order valence-corrected chi connectivity index (χ4v) is 1.81. The third-order valence-corrected chi connectivity index (χ3v) is 2.75. The summed E-state index contributed by atoms with van der Waals surface area (Å²) >= 11 is 4.44. The van der Waals surface area contributed by atoms with Crippen LogP contribution in [0.15, 0.2) is 60.0 Å². The molecule has 0 spiro atoms. The van der Waals surface area contributed by atoms with Crippen molar-refractivity contribution in [3.05, 3.63) is 60.7 Å². The number of benzene rings is 2. The molecule has 2 rings (SSSR count). The zero-order valence-electron chi connectivity index (χ0n) is 8.35. The van der Waals surface area contributed by atoms with Crippen LogP contribution in [0.25, 0.3) is 17.2 Å². The van der Waals surface area contributed by atoms with Crippen molar-refractivity contribution in [2.24, 2.45) is 0 Å². The lowest BCUT2D eigenvalue weighted by molar-refractivity contribution is 1.45. The second-order valence-corrected chi connectivity index (χ2v) is 3.83. The van der Waals surface area contributed by atoms with Crippen LogP contribution in [-0.4, -0.2) is 0 Å². The minimum atomic E-state index is 1.00. The Kier molecular flexibility index (Phi) is 2.93. The molecule has 0 amide bonds. The molecule has 0 aliphatic carbocycles. The van der Waals surface area contributed by atoms with E-state index >= 15 is 0 Å². The average molecular weight is 212 g/mol. The molecule has 0 N–H and O–H groups in total. The van der Waals surface area contributed by atoms with Gasteiger partial charge in [0.2, 0.25) is 0 Å². The Morgan fingerprint density at radius 1 is 0.933 bits per heavy atom. The number of rotatable bonds is 2. The largest absolute Gasteiger partial charge is 0.143 e. The van der Waals surface area contributed by atoms with Crippen molar-refractivity contribution in [1.29, 1.82) is 0 Å². The van der Waals surface area contributed by atoms with Gasteiger partial charge in [-0.2, -0.15) is 0 Å². The summed E-state index contributed by atoms with van der Waals surface area (Å²) in [5.74, 6) is 0. The summed E-state index contributed by atoms with van der Waals surface area (Å²) in [4.78, 5) is 1.00. The second-order valence-electron chi connectivity index (χ2n) is 3.34. The molecule has 0 saturated carbocycles. The standard InChI is InChI=1S/C14H12S/c1-2-11-7-9-12(10-8-11)13-5-3-4-6-14(13)15/h2-10,15H,1H2. The molecule has 0 fully saturated rings. The number of hydrogen-bond acceptors (Lipinski definition) is 1. The van der Waals surface area contributed by atoms with E-state index in [1.54, 1.807) is 0 Å². The van der Waals surface area contributed by atoms with Crippen LogP contribution in [0.1, 0.15) is 5.56 Å². The smallest absolute Gasteiger partial charge is 0.0119 e. The van der Waals surface area contributed by atoms with Crippen LogP contribution >= 0.6 is 12.6 Å². The van der Waals surface area contributed by atoms with Gasteiger partial charge in [0, 0.05) is 4.90 Å². The van der Waals surface area contributed by atoms with Gasteiger partial charge in [0.1, 0.15) is 0 Å². The van der Waals surface area contributed by atoms with Crippen molar-refractivity contribution in [2.75, 3.05) is 0 Å². The summed E-state index contributed by atoms with van der Waals surface area (Å²) in [7, 11) is 0. The SMILES string of the molecule is C=Cc1ccc(-c2ccccc2S)cc1. The van der Waals surface area contributed by atoms with E-state index < -0.39 is 0 Å². The van der Waals surface area contributed by atoms with E-state index in [0.717, 1.165) is 16.0 Å². The molecule has 0 aliphatic heterocycles. The predicted molar refractivity (Wildman–Crippen MR) is 69.2 cm³/mol. The van der Waals surface area contributed by atoms with Crippen molar-refractivity contribution in [3.63, 3.8) is 0 Å². The van der Waals surface area contributed by atoms with Gasteiger partial charge in [-0.15, -0.1) is 12.6 Å². The van der Waals surface area contributed by atoms with Gasteiger partial charge in [-0.1, -0.05) is 55.1 Å². The van der Waals surface area contributed by atoms with Crippen molar-refractivity contribution in [1.82, 2.24) is 0 Å². The van der Waals surface area contributed by atoms with Crippen LogP contribution in [0.4, 0.5) is 0 Å². The summed E-state index contributed by atoms with van der Waals surface area (Å²) in [6, 6.07) is 16.4. The van der Waals surface area contributed by atoms with E-state index in [0.29, 0.717) is 0 Å². The molecule has 0 unspecified atom stereocenters. The fraction of sp³-hybridized carbons (Fsp3) is 0. The Labute approximate surface area is 95.7 Å². The number of thiol groups is 1. The highest BCUT2D eigenvalue weighted by Gasteiger charge is 2.00. The Bertz CT molecular complexity index is 469. The summed E-state index contributed by atoms with van der Waals surface area (Å²) in [6.07, 6.45) is 1.84. The molecule has 2 aromatic carbocycles. The van der Waals surface area contributed by atoms with Gasteiger partial charge in [0.05, 0.1) is 0 Å². The maximum atomic E-state index is 4.44. The Balaban J connectivity index is 2.46. The van der Waals surface area contributed by atoms with Gasteiger partial charge >= 0.3 is 0 Å². The second kappa shape index (κ2) is 4.37. The van der Waals surface area contributed by atoms with Crippen molar-refractivity contribution < 1.29 is 0 Å². The first-order valence-corrected chi connectivity index (χ1v) is 5.27. The van der Waals surface area contributed by atoms with E-state index in [2.05, 4.69) is 49.5 Å². The molecule has 0 aromatic heterocycles. The first-order valence-electron chi connectivity index (χ1n) is 4.82. The molecule has 74 valence electrons. The lowest BCUT2D eigenvalue weighted by atomic mass is 10.0. The molecule has 1 heteroatoms. The molecular weight excluding hydrogens is 200 g/mol. The Hall–Kier alpha value is -1.47. The molecule has 2 aromatic rings. The predicted octanol–water partition coefficient (Wildman–Crippen LogP) is 4.29. The zero-order valence-corrected chi connectivity index (χ0v) is 9.24. The minimum absolute atomic E-state index is 1.00. The highest BCUT2D eigenvalue weighted by atomic mass is 32.1. The van der Waals surface area contributed by atoms with Crippen LogP contribution in [0.3, 0.4) is 0 Å². The molecule has 0 atom stereocenters. The van der Waals surface area contributed by atoms with E-state index in [1.165, 1.54) is 5.56 Å². The average Bonchev–Trinajstić information content (AvgIpc) is 2.30. The Morgan fingerprint density at radius 3 is 2.20 bits per heavy atom. The number of hydrogen-bond donors (Lipinski definition) is 1. The highest BCUT2D eigenvalue weighted by molar-refractivity contribution is 7.80. The molecule has 0 saturated heterocycles. The molecule has 0 aliphatic rings. The summed E-state index contributed by atoms with van der Waals surface area (Å²) < 4.78 is 0. The summed E-state index contributed by atoms with van der Waals surface area (Å²) in [5.41, 5.74) is 3.48. The maximum absolute atomic E-state index is 4.44. The third-order valence-electron chi connectivity index (χ3n) is 2.36. The fourth-order valence-electron chi connectivity index (χ4n) is 1.52. The monoisotopic (exact) mass is 212 g/mol. The highest BCUT2D eigenvalue weighted by Crippen LogP contribution is 2.26. The molecule has 0 heterocycles. The van der Waals surface area contributed by atoms with E-state index in [9.17, 15) is 0 Å². The molecule has 0 bridgehead atoms. The van der Waals surface area contributed by atoms with Gasteiger partial charge in [-0.05, 0) is 22.8 Å². The Morgan fingerprint density at radius 2 is 1.60 bits per heavy atom. The molecule has 0 radical (unpaired) electrons. The zero-order chi connectivity index (χ0) is 10.7. The topological polar surface area (TPSA) is 0 Å². The first-order chi connectivity index (χ1) is 7.31. The first kappa shape index (κ1) is 10.1. The van der Waals surface area contributed by atoms with E-state index in [-0.39, 0.29) is 0 Å². The van der Waals surface area contributed by atoms with Crippen LogP contribution < -0.4 is 0 Å². The van der Waals surface area contributed by atoms with Gasteiger partial charge in [-0.25, -0.2) is 0 Å². The molecular formula is C14H12S. The lowest BCUT2D eigenvalue weighted by Crippen LogP contribution is -1.80. The van der Waals surface area contributed by atoms with Gasteiger partial charge in [0.15, 0.2) is 0 Å². The van der Waals surface area contributed by atoms with Gasteiger partial charge < -0.3 is 0 Å². The van der Waals surface area contributed by atoms with Gasteiger partial charge in [0.25, 0.3) is 0 Å². The van der Waals surface area contributed by atoms with Crippen molar-refractivity contribution >= 4 is 18.7 Å². The van der Waals surface area contributed by atoms with Crippen molar-refractivity contribution in [3.8, 4) is 11.1 Å². The van der Waals surface area contributed by atoms with E-state index in [4.69, 9.17) is 0 Å². The summed E-state index contributed by atoms with van der Waals surface area (Å²) in [6.45, 7) is 3.74. The normalized spacial score (nSPS) is 9.93. The maximum Gasteiger partial charge on any atom is 0.0119 e. The van der Waals surface area contributed by atoms with Crippen LogP contribution in [0.5, 0.6) is 0 Å². The van der Waals surface area contributed by atoms with Gasteiger partial charge in [-0.3, -0.25) is 0 Å². The van der Waals surface area contributed by atoms with Crippen LogP contribution in [0, 0.1) is 0 Å². The lowest BCUT2D eigenvalue weighted by Gasteiger charge is -2.04. The van der Waals surface area contributed by atoms with Crippen LogP contribution in [-0.2, 0) is 0 Å². The van der Waals surface area contributed by atoms with E-state index in [1.807, 2.05) is 24.3 Å². The summed E-state index contributed by atoms with van der Waals surface area (Å²) in [5, 5.41) is 0. The minimum Gasteiger partial charge on any atom is -0.143 e. The van der Waals surface area contributed by atoms with Crippen LogP contribution in [0.2, 0.25) is 0 Å². The quantitative estimate of drug-likeness (QED) is 0.705. The molecule has 15 heavy (non-hydrogen) atoms. The third kappa shape index (κ3) is 2.13.